The van der Waals surface area contributed by atoms with Gasteiger partial charge in [-0.05, 0) is 66.6 Å². The minimum atomic E-state index is -0.292. The van der Waals surface area contributed by atoms with E-state index in [0.717, 1.165) is 22.4 Å². The summed E-state index contributed by atoms with van der Waals surface area (Å²) in [5, 5.41) is 6.15. The van der Waals surface area contributed by atoms with Crippen molar-refractivity contribution in [1.82, 2.24) is 15.3 Å². The number of hydrogen-bond donors (Lipinski definition) is 2. The van der Waals surface area contributed by atoms with Crippen molar-refractivity contribution >= 4 is 17.4 Å². The summed E-state index contributed by atoms with van der Waals surface area (Å²) in [6.45, 7) is 2.51. The number of carbonyl (C=O) groups excluding carboxylic acids is 1. The first-order chi connectivity index (χ1) is 15.1. The number of carbonyl (C=O) groups is 1. The van der Waals surface area contributed by atoms with Crippen LogP contribution < -0.4 is 10.6 Å². The Kier molecular flexibility index (Phi) is 5.98. The molecule has 0 spiro atoms. The molecule has 0 bridgehead atoms. The molecule has 4 rings (SSSR count). The van der Waals surface area contributed by atoms with E-state index in [2.05, 4.69) is 20.6 Å². The van der Waals surface area contributed by atoms with Crippen molar-refractivity contribution in [2.45, 2.75) is 13.5 Å². The summed E-state index contributed by atoms with van der Waals surface area (Å²) < 4.78 is 13.1. The van der Waals surface area contributed by atoms with Gasteiger partial charge in [-0.15, -0.1) is 0 Å². The Morgan fingerprint density at radius 3 is 2.42 bits per heavy atom. The minimum absolute atomic E-state index is 0.129. The van der Waals surface area contributed by atoms with Gasteiger partial charge in [0.05, 0.1) is 5.69 Å². The van der Waals surface area contributed by atoms with Crippen LogP contribution in [0.3, 0.4) is 0 Å². The lowest BCUT2D eigenvalue weighted by Crippen LogP contribution is -2.23. The van der Waals surface area contributed by atoms with Gasteiger partial charge in [0.15, 0.2) is 0 Å². The molecule has 5 nitrogen and oxygen atoms in total. The number of rotatable bonds is 6. The van der Waals surface area contributed by atoms with Crippen LogP contribution in [0.15, 0.2) is 85.2 Å². The zero-order chi connectivity index (χ0) is 21.6. The monoisotopic (exact) mass is 412 g/mol. The molecule has 0 aliphatic rings. The highest BCUT2D eigenvalue weighted by Crippen LogP contribution is 2.21. The fraction of sp³-hybridized carbons (Fsp3) is 0.0800. The summed E-state index contributed by atoms with van der Waals surface area (Å²) in [5.41, 5.74) is 5.09. The maximum absolute atomic E-state index is 13.1. The number of amides is 1. The van der Waals surface area contributed by atoms with Gasteiger partial charge >= 0.3 is 0 Å². The van der Waals surface area contributed by atoms with Gasteiger partial charge in [0.25, 0.3) is 5.91 Å². The third-order valence-electron chi connectivity index (χ3n) is 4.93. The summed E-state index contributed by atoms with van der Waals surface area (Å²) in [7, 11) is 0. The van der Waals surface area contributed by atoms with Gasteiger partial charge in [-0.2, -0.15) is 0 Å². The molecule has 31 heavy (non-hydrogen) atoms. The molecule has 1 heterocycles. The van der Waals surface area contributed by atoms with E-state index in [4.69, 9.17) is 0 Å². The number of hydrogen-bond acceptors (Lipinski definition) is 4. The molecule has 1 amide bonds. The van der Waals surface area contributed by atoms with E-state index in [0.29, 0.717) is 23.6 Å². The van der Waals surface area contributed by atoms with Crippen LogP contribution in [0.4, 0.5) is 15.9 Å². The molecule has 0 atom stereocenters. The largest absolute Gasteiger partial charge is 0.348 e. The molecule has 6 heteroatoms. The average Bonchev–Trinajstić information content (AvgIpc) is 2.79. The van der Waals surface area contributed by atoms with E-state index >= 15 is 0 Å². The van der Waals surface area contributed by atoms with E-state index in [9.17, 15) is 9.18 Å². The van der Waals surface area contributed by atoms with E-state index in [-0.39, 0.29) is 11.7 Å². The maximum atomic E-state index is 13.1. The maximum Gasteiger partial charge on any atom is 0.251 e. The van der Waals surface area contributed by atoms with Crippen LogP contribution in [-0.2, 0) is 6.54 Å². The van der Waals surface area contributed by atoms with Crippen LogP contribution in [0, 0.1) is 12.7 Å². The van der Waals surface area contributed by atoms with Crippen LogP contribution in [0.25, 0.3) is 11.3 Å². The van der Waals surface area contributed by atoms with Crippen molar-refractivity contribution in [2.75, 3.05) is 5.32 Å². The molecule has 4 aromatic rings. The molecule has 0 unspecified atom stereocenters. The molecule has 0 radical (unpaired) electrons. The summed E-state index contributed by atoms with van der Waals surface area (Å²) in [6.07, 6.45) is 1.45. The zero-order valence-electron chi connectivity index (χ0n) is 17.0. The molecule has 0 aliphatic carbocycles. The second-order valence-corrected chi connectivity index (χ2v) is 7.11. The molecule has 0 fully saturated rings. The van der Waals surface area contributed by atoms with Crippen molar-refractivity contribution < 1.29 is 9.18 Å². The minimum Gasteiger partial charge on any atom is -0.348 e. The predicted molar refractivity (Wildman–Crippen MR) is 119 cm³/mol. The number of benzene rings is 3. The van der Waals surface area contributed by atoms with Crippen LogP contribution in [-0.4, -0.2) is 15.9 Å². The van der Waals surface area contributed by atoms with Crippen molar-refractivity contribution in [3.05, 3.63) is 108 Å². The smallest absolute Gasteiger partial charge is 0.251 e. The van der Waals surface area contributed by atoms with Crippen molar-refractivity contribution in [2.24, 2.45) is 0 Å². The second kappa shape index (κ2) is 9.17. The second-order valence-electron chi connectivity index (χ2n) is 7.11. The molecule has 0 aliphatic heterocycles. The fourth-order valence-electron chi connectivity index (χ4n) is 3.14. The van der Waals surface area contributed by atoms with Gasteiger partial charge in [0.1, 0.15) is 18.0 Å². The molecule has 0 saturated carbocycles. The molecule has 0 saturated heterocycles. The molecule has 3 aromatic carbocycles. The fourth-order valence-corrected chi connectivity index (χ4v) is 3.14. The Morgan fingerprint density at radius 1 is 0.935 bits per heavy atom. The Bertz CT molecular complexity index is 1190. The van der Waals surface area contributed by atoms with Gasteiger partial charge < -0.3 is 10.6 Å². The Hall–Kier alpha value is -4.06. The number of aromatic nitrogens is 2. The average molecular weight is 412 g/mol. The Labute approximate surface area is 180 Å². The third-order valence-corrected chi connectivity index (χ3v) is 4.93. The van der Waals surface area contributed by atoms with Crippen molar-refractivity contribution in [1.29, 1.82) is 0 Å². The predicted octanol–water partition coefficient (Wildman–Crippen LogP) is 5.26. The van der Waals surface area contributed by atoms with Crippen molar-refractivity contribution in [3.63, 3.8) is 0 Å². The van der Waals surface area contributed by atoms with E-state index in [1.165, 1.54) is 18.5 Å². The van der Waals surface area contributed by atoms with Gasteiger partial charge in [0, 0.05) is 29.4 Å². The Morgan fingerprint density at radius 2 is 1.68 bits per heavy atom. The van der Waals surface area contributed by atoms with Gasteiger partial charge in [-0.3, -0.25) is 4.79 Å². The molecule has 1 aromatic heterocycles. The third kappa shape index (κ3) is 5.11. The normalized spacial score (nSPS) is 10.5. The number of anilines is 2. The van der Waals surface area contributed by atoms with Crippen LogP contribution in [0.1, 0.15) is 21.5 Å². The van der Waals surface area contributed by atoms with Gasteiger partial charge in [-0.1, -0.05) is 24.3 Å². The van der Waals surface area contributed by atoms with E-state index in [1.54, 1.807) is 30.3 Å². The highest BCUT2D eigenvalue weighted by Gasteiger charge is 2.07. The number of nitrogens with zero attached hydrogens (tertiary/aromatic N) is 2. The van der Waals surface area contributed by atoms with Crippen LogP contribution in [0.5, 0.6) is 0 Å². The van der Waals surface area contributed by atoms with Gasteiger partial charge in [0.2, 0.25) is 0 Å². The number of aryl methyl sites for hydroxylation is 1. The molecule has 154 valence electrons. The molecule has 2 N–H and O–H groups in total. The van der Waals surface area contributed by atoms with E-state index < -0.39 is 0 Å². The first-order valence-electron chi connectivity index (χ1n) is 9.86. The lowest BCUT2D eigenvalue weighted by atomic mass is 10.1. The SMILES string of the molecule is Cc1ccccc1CNC(=O)c1ccc(Nc2cc(-c3ccc(F)cc3)ncn2)cc1. The summed E-state index contributed by atoms with van der Waals surface area (Å²) in [4.78, 5) is 20.9. The Balaban J connectivity index is 1.40. The zero-order valence-corrected chi connectivity index (χ0v) is 17.0. The highest BCUT2D eigenvalue weighted by atomic mass is 19.1. The molecular weight excluding hydrogens is 391 g/mol. The first-order valence-corrected chi connectivity index (χ1v) is 9.86. The number of nitrogens with one attached hydrogen (secondary N) is 2. The standard InChI is InChI=1S/C25H21FN4O/c1-17-4-2-3-5-20(17)15-27-25(31)19-8-12-22(13-9-19)30-24-14-23(28-16-29-24)18-6-10-21(26)11-7-18/h2-14,16H,15H2,1H3,(H,27,31)(H,28,29,30). The summed E-state index contributed by atoms with van der Waals surface area (Å²) in [6, 6.07) is 23.1. The summed E-state index contributed by atoms with van der Waals surface area (Å²) in [5.74, 6) is 0.181. The van der Waals surface area contributed by atoms with E-state index in [1.807, 2.05) is 43.3 Å². The van der Waals surface area contributed by atoms with Crippen molar-refractivity contribution in [3.8, 4) is 11.3 Å². The molecular formula is C25H21FN4O. The lowest BCUT2D eigenvalue weighted by Gasteiger charge is -2.10. The quantitative estimate of drug-likeness (QED) is 0.453. The number of halogens is 1. The van der Waals surface area contributed by atoms with Gasteiger partial charge in [-0.25, -0.2) is 14.4 Å². The summed E-state index contributed by atoms with van der Waals surface area (Å²) >= 11 is 0. The van der Waals surface area contributed by atoms with Crippen LogP contribution >= 0.6 is 0 Å². The highest BCUT2D eigenvalue weighted by molar-refractivity contribution is 5.94. The topological polar surface area (TPSA) is 66.9 Å². The van der Waals surface area contributed by atoms with Crippen LogP contribution in [0.2, 0.25) is 0 Å². The first kappa shape index (κ1) is 20.2. The lowest BCUT2D eigenvalue weighted by molar-refractivity contribution is 0.0951.